The van der Waals surface area contributed by atoms with Crippen molar-refractivity contribution < 1.29 is 19.7 Å². The Morgan fingerprint density at radius 2 is 1.74 bits per heavy atom. The highest BCUT2D eigenvalue weighted by Gasteiger charge is 2.14. The molecule has 3 rings (SSSR count). The van der Waals surface area contributed by atoms with Gasteiger partial charge in [0, 0.05) is 32.4 Å². The first-order valence-corrected chi connectivity index (χ1v) is 13.0. The highest BCUT2D eigenvalue weighted by molar-refractivity contribution is 5.89. The van der Waals surface area contributed by atoms with Crippen LogP contribution in [0.2, 0.25) is 0 Å². The second-order valence-electron chi connectivity index (χ2n) is 10.8. The lowest BCUT2D eigenvalue weighted by molar-refractivity contribution is -0.127. The van der Waals surface area contributed by atoms with Crippen LogP contribution in [0.5, 0.6) is 0 Å². The Balaban J connectivity index is 0.000000976. The summed E-state index contributed by atoms with van der Waals surface area (Å²) < 4.78 is 7.55. The molecule has 0 fully saturated rings. The molecule has 1 unspecified atom stereocenters. The third kappa shape index (κ3) is 11.9. The summed E-state index contributed by atoms with van der Waals surface area (Å²) in [6, 6.07) is 7.76. The average molecular weight is 545 g/mol. The molecule has 1 aromatic carbocycles. The van der Waals surface area contributed by atoms with E-state index >= 15 is 0 Å². The van der Waals surface area contributed by atoms with E-state index < -0.39 is 5.79 Å². The Labute approximate surface area is 230 Å². The van der Waals surface area contributed by atoms with E-state index in [2.05, 4.69) is 51.7 Å². The molecule has 12 nitrogen and oxygen atoms in total. The summed E-state index contributed by atoms with van der Waals surface area (Å²) in [4.78, 5) is 24.6. The molecule has 2 amide bonds. The van der Waals surface area contributed by atoms with E-state index in [1.54, 1.807) is 13.4 Å². The maximum Gasteiger partial charge on any atom is 0.319 e. The molecule has 1 atom stereocenters. The molecule has 12 heteroatoms. The van der Waals surface area contributed by atoms with Crippen LogP contribution in [0.3, 0.4) is 0 Å². The molecule has 0 radical (unpaired) electrons. The van der Waals surface area contributed by atoms with Crippen molar-refractivity contribution in [3.8, 4) is 0 Å². The summed E-state index contributed by atoms with van der Waals surface area (Å²) in [5, 5.41) is 25.3. The van der Waals surface area contributed by atoms with E-state index in [0.29, 0.717) is 31.0 Å². The van der Waals surface area contributed by atoms with Gasteiger partial charge in [-0.25, -0.2) is 19.7 Å². The topological polar surface area (TPSA) is 172 Å². The van der Waals surface area contributed by atoms with Gasteiger partial charge < -0.3 is 41.2 Å². The molecule has 216 valence electrons. The lowest BCUT2D eigenvalue weighted by Crippen LogP contribution is -2.33. The molecule has 2 heterocycles. The zero-order valence-corrected chi connectivity index (χ0v) is 23.9. The van der Waals surface area contributed by atoms with Crippen LogP contribution < -0.4 is 21.7 Å². The monoisotopic (exact) mass is 544 g/mol. The zero-order valence-electron chi connectivity index (χ0n) is 23.9. The van der Waals surface area contributed by atoms with Crippen LogP contribution in [0.1, 0.15) is 53.0 Å². The second-order valence-corrected chi connectivity index (χ2v) is 10.8. The van der Waals surface area contributed by atoms with Crippen molar-refractivity contribution in [2.24, 2.45) is 0 Å². The molecular weight excluding hydrogens is 500 g/mol. The summed E-state index contributed by atoms with van der Waals surface area (Å²) in [6.45, 7) is 11.9. The number of aromatic nitrogens is 4. The SMILES string of the molecule is CC(C)(O)O.COC(CCn1cnc2c(N)ncnc21)CNCCCNC(=O)Nc1ccc(C(C)(C)C)cc1. The van der Waals surface area contributed by atoms with E-state index in [4.69, 9.17) is 20.7 Å². The highest BCUT2D eigenvalue weighted by atomic mass is 16.5. The summed E-state index contributed by atoms with van der Waals surface area (Å²) in [7, 11) is 1.71. The molecule has 0 bridgehead atoms. The number of methoxy groups -OCH3 is 1. The number of rotatable bonds is 11. The Bertz CT molecular complexity index is 1150. The number of benzene rings is 1. The highest BCUT2D eigenvalue weighted by Crippen LogP contribution is 2.23. The van der Waals surface area contributed by atoms with Crippen molar-refractivity contribution in [1.29, 1.82) is 0 Å². The Morgan fingerprint density at radius 3 is 2.36 bits per heavy atom. The van der Waals surface area contributed by atoms with Gasteiger partial charge in [0.15, 0.2) is 17.3 Å². The minimum atomic E-state index is -1.50. The number of anilines is 2. The number of aliphatic hydroxyl groups is 2. The fourth-order valence-corrected chi connectivity index (χ4v) is 3.56. The third-order valence-electron chi connectivity index (χ3n) is 5.65. The van der Waals surface area contributed by atoms with Gasteiger partial charge in [-0.3, -0.25) is 0 Å². The fourth-order valence-electron chi connectivity index (χ4n) is 3.56. The van der Waals surface area contributed by atoms with E-state index in [0.717, 1.165) is 30.7 Å². The molecule has 0 aliphatic rings. The quantitative estimate of drug-likeness (QED) is 0.157. The first kappa shape index (κ1) is 31.9. The fraction of sp³-hybridized carbons (Fsp3) is 0.556. The number of nitrogen functional groups attached to an aromatic ring is 1. The predicted molar refractivity (Wildman–Crippen MR) is 153 cm³/mol. The zero-order chi connectivity index (χ0) is 29.1. The maximum absolute atomic E-state index is 12.1. The smallest absolute Gasteiger partial charge is 0.319 e. The van der Waals surface area contributed by atoms with Crippen molar-refractivity contribution in [1.82, 2.24) is 30.2 Å². The normalized spacial score (nSPS) is 12.5. The number of aryl methyl sites for hydroxylation is 1. The average Bonchev–Trinajstić information content (AvgIpc) is 3.26. The van der Waals surface area contributed by atoms with E-state index in [1.165, 1.54) is 25.7 Å². The molecular formula is C27H44N8O4. The van der Waals surface area contributed by atoms with Crippen molar-refractivity contribution in [2.45, 2.75) is 71.3 Å². The first-order chi connectivity index (χ1) is 18.3. The Kier molecular flexibility index (Phi) is 12.0. The number of nitrogens with zero attached hydrogens (tertiary/aromatic N) is 4. The number of imidazole rings is 1. The van der Waals surface area contributed by atoms with Crippen molar-refractivity contribution >= 4 is 28.7 Å². The number of fused-ring (bicyclic) bond motifs is 1. The van der Waals surface area contributed by atoms with Crippen molar-refractivity contribution in [2.75, 3.05) is 37.8 Å². The predicted octanol–water partition coefficient (Wildman–Crippen LogP) is 2.62. The van der Waals surface area contributed by atoms with Gasteiger partial charge >= 0.3 is 6.03 Å². The van der Waals surface area contributed by atoms with Crippen LogP contribution in [0.25, 0.3) is 11.2 Å². The number of carbonyl (C=O) groups excluding carboxylic acids is 1. The molecule has 39 heavy (non-hydrogen) atoms. The third-order valence-corrected chi connectivity index (χ3v) is 5.65. The molecule has 0 saturated heterocycles. The van der Waals surface area contributed by atoms with Gasteiger partial charge in [0.1, 0.15) is 11.8 Å². The van der Waals surface area contributed by atoms with Gasteiger partial charge in [-0.1, -0.05) is 32.9 Å². The van der Waals surface area contributed by atoms with Crippen LogP contribution in [0, 0.1) is 0 Å². The minimum Gasteiger partial charge on any atom is -0.382 e. The molecule has 3 aromatic rings. The molecule has 0 aliphatic carbocycles. The number of nitrogens with two attached hydrogens (primary N) is 1. The van der Waals surface area contributed by atoms with E-state index in [1.807, 2.05) is 28.8 Å². The lowest BCUT2D eigenvalue weighted by atomic mass is 9.87. The molecule has 0 aliphatic heterocycles. The van der Waals surface area contributed by atoms with Crippen LogP contribution in [0.15, 0.2) is 36.9 Å². The van der Waals surface area contributed by atoms with Gasteiger partial charge in [0.25, 0.3) is 0 Å². The van der Waals surface area contributed by atoms with Gasteiger partial charge in [-0.05, 0) is 56.3 Å². The first-order valence-electron chi connectivity index (χ1n) is 13.0. The Morgan fingerprint density at radius 1 is 1.08 bits per heavy atom. The van der Waals surface area contributed by atoms with E-state index in [9.17, 15) is 4.79 Å². The Hall–Kier alpha value is -3.32. The largest absolute Gasteiger partial charge is 0.382 e. The maximum atomic E-state index is 12.1. The number of urea groups is 1. The molecule has 7 N–H and O–H groups in total. The van der Waals surface area contributed by atoms with Gasteiger partial charge in [0.2, 0.25) is 0 Å². The van der Waals surface area contributed by atoms with Gasteiger partial charge in [0.05, 0.1) is 12.4 Å². The lowest BCUT2D eigenvalue weighted by Gasteiger charge is -2.19. The summed E-state index contributed by atoms with van der Waals surface area (Å²) >= 11 is 0. The summed E-state index contributed by atoms with van der Waals surface area (Å²) in [5.74, 6) is -1.12. The van der Waals surface area contributed by atoms with Crippen LogP contribution in [-0.4, -0.2) is 74.4 Å². The summed E-state index contributed by atoms with van der Waals surface area (Å²) in [5.41, 5.74) is 9.29. The second kappa shape index (κ2) is 14.7. The molecule has 0 spiro atoms. The van der Waals surface area contributed by atoms with Crippen LogP contribution in [-0.2, 0) is 16.7 Å². The standard InChI is InChI=1S/C24H36N8O2.C3H8O2/c1-24(2,3)17-6-8-18(9-7-17)31-23(33)27-12-5-11-26-14-19(34-4)10-13-32-16-30-20-21(25)28-15-29-22(20)32;1-3(2,4)5/h6-9,15-16,19,26H,5,10-14H2,1-4H3,(H2,25,28,29)(H2,27,31,33);4-5H,1-2H3. The number of hydrogen-bond donors (Lipinski definition) is 6. The van der Waals surface area contributed by atoms with Crippen molar-refractivity contribution in [3.63, 3.8) is 0 Å². The number of nitrogens with one attached hydrogen (secondary N) is 3. The van der Waals surface area contributed by atoms with E-state index in [-0.39, 0.29) is 17.6 Å². The van der Waals surface area contributed by atoms with Gasteiger partial charge in [-0.15, -0.1) is 0 Å². The van der Waals surface area contributed by atoms with Crippen molar-refractivity contribution in [3.05, 3.63) is 42.5 Å². The number of ether oxygens (including phenoxy) is 1. The van der Waals surface area contributed by atoms with Gasteiger partial charge in [-0.2, -0.15) is 0 Å². The number of amides is 2. The molecule has 0 saturated carbocycles. The van der Waals surface area contributed by atoms with Crippen LogP contribution >= 0.6 is 0 Å². The molecule has 2 aromatic heterocycles. The number of carbonyl (C=O) groups is 1. The number of hydrogen-bond acceptors (Lipinski definition) is 9. The summed E-state index contributed by atoms with van der Waals surface area (Å²) in [6.07, 6.45) is 4.83. The van der Waals surface area contributed by atoms with Crippen LogP contribution in [0.4, 0.5) is 16.3 Å². The minimum absolute atomic E-state index is 0.0453.